The molecule has 0 aromatic rings. The van der Waals surface area contributed by atoms with Crippen molar-refractivity contribution in [1.29, 1.82) is 0 Å². The Balaban J connectivity index is 0.00000180. The van der Waals surface area contributed by atoms with Crippen molar-refractivity contribution < 1.29 is 4.79 Å². The van der Waals surface area contributed by atoms with Gasteiger partial charge in [0.15, 0.2) is 0 Å². The molecule has 2 aliphatic rings. The lowest BCUT2D eigenvalue weighted by molar-refractivity contribution is -0.122. The second kappa shape index (κ2) is 8.80. The van der Waals surface area contributed by atoms with Crippen LogP contribution in [-0.2, 0) is 4.79 Å². The number of carbonyl (C=O) groups is 1. The first kappa shape index (κ1) is 16.8. The van der Waals surface area contributed by atoms with Gasteiger partial charge in [0.25, 0.3) is 0 Å². The molecule has 0 aromatic carbocycles. The Bertz CT molecular complexity index is 267. The van der Waals surface area contributed by atoms with Gasteiger partial charge >= 0.3 is 0 Å². The first-order chi connectivity index (χ1) is 8.79. The van der Waals surface area contributed by atoms with Gasteiger partial charge in [-0.1, -0.05) is 38.5 Å². The predicted octanol–water partition coefficient (Wildman–Crippen LogP) is 3.01. The van der Waals surface area contributed by atoms with Crippen molar-refractivity contribution in [2.45, 2.75) is 70.3 Å². The maximum Gasteiger partial charge on any atom is 0.220 e. The summed E-state index contributed by atoms with van der Waals surface area (Å²) in [5.74, 6) is 1.58. The quantitative estimate of drug-likeness (QED) is 0.817. The zero-order valence-corrected chi connectivity index (χ0v) is 12.7. The number of nitrogens with two attached hydrogens (primary N) is 1. The van der Waals surface area contributed by atoms with Gasteiger partial charge in [0.05, 0.1) is 0 Å². The summed E-state index contributed by atoms with van der Waals surface area (Å²) in [6.07, 6.45) is 12.0. The second-order valence-corrected chi connectivity index (χ2v) is 6.14. The fraction of sp³-hybridized carbons (Fsp3) is 0.933. The molecule has 2 unspecified atom stereocenters. The summed E-state index contributed by atoms with van der Waals surface area (Å²) in [6.45, 7) is 0.716. The lowest BCUT2D eigenvalue weighted by Crippen LogP contribution is -2.44. The zero-order valence-electron chi connectivity index (χ0n) is 11.9. The predicted molar refractivity (Wildman–Crippen MR) is 81.4 cm³/mol. The van der Waals surface area contributed by atoms with Gasteiger partial charge in [-0.05, 0) is 37.6 Å². The highest BCUT2D eigenvalue weighted by molar-refractivity contribution is 5.85. The molecule has 4 heteroatoms. The van der Waals surface area contributed by atoms with E-state index in [0.717, 1.165) is 25.2 Å². The van der Waals surface area contributed by atoms with Crippen LogP contribution in [0.15, 0.2) is 0 Å². The van der Waals surface area contributed by atoms with Gasteiger partial charge in [-0.3, -0.25) is 4.79 Å². The molecule has 1 amide bonds. The van der Waals surface area contributed by atoms with Crippen LogP contribution in [0.25, 0.3) is 0 Å². The summed E-state index contributed by atoms with van der Waals surface area (Å²) < 4.78 is 0. The van der Waals surface area contributed by atoms with Crippen molar-refractivity contribution in [2.24, 2.45) is 17.6 Å². The van der Waals surface area contributed by atoms with Crippen LogP contribution in [0.3, 0.4) is 0 Å². The molecule has 0 radical (unpaired) electrons. The summed E-state index contributed by atoms with van der Waals surface area (Å²) in [7, 11) is 0. The van der Waals surface area contributed by atoms with E-state index in [1.54, 1.807) is 0 Å². The van der Waals surface area contributed by atoms with E-state index >= 15 is 0 Å². The van der Waals surface area contributed by atoms with Crippen LogP contribution in [0.5, 0.6) is 0 Å². The van der Waals surface area contributed by atoms with Gasteiger partial charge in [0.1, 0.15) is 0 Å². The first-order valence-electron chi connectivity index (χ1n) is 7.79. The minimum atomic E-state index is 0. The maximum atomic E-state index is 12.0. The van der Waals surface area contributed by atoms with Crippen LogP contribution >= 0.6 is 12.4 Å². The zero-order chi connectivity index (χ0) is 12.8. The van der Waals surface area contributed by atoms with Crippen molar-refractivity contribution in [3.63, 3.8) is 0 Å². The summed E-state index contributed by atoms with van der Waals surface area (Å²) in [5.41, 5.74) is 5.79. The monoisotopic (exact) mass is 288 g/mol. The van der Waals surface area contributed by atoms with Gasteiger partial charge in [-0.2, -0.15) is 0 Å². The van der Waals surface area contributed by atoms with Crippen LogP contribution in [0, 0.1) is 11.8 Å². The van der Waals surface area contributed by atoms with Crippen LogP contribution in [-0.4, -0.2) is 18.5 Å². The lowest BCUT2D eigenvalue weighted by atomic mass is 9.84. The Morgan fingerprint density at radius 2 is 1.68 bits per heavy atom. The van der Waals surface area contributed by atoms with Crippen molar-refractivity contribution in [1.82, 2.24) is 5.32 Å². The van der Waals surface area contributed by atoms with Gasteiger partial charge in [0.2, 0.25) is 5.91 Å². The molecule has 0 heterocycles. The molecule has 0 spiro atoms. The highest BCUT2D eigenvalue weighted by atomic mass is 35.5. The number of hydrogen-bond donors (Lipinski definition) is 2. The van der Waals surface area contributed by atoms with Crippen molar-refractivity contribution in [2.75, 3.05) is 6.54 Å². The summed E-state index contributed by atoms with van der Waals surface area (Å²) in [4.78, 5) is 12.0. The highest BCUT2D eigenvalue weighted by Crippen LogP contribution is 2.28. The number of rotatable bonds is 5. The van der Waals surface area contributed by atoms with Crippen LogP contribution in [0.4, 0.5) is 0 Å². The molecule has 3 nitrogen and oxygen atoms in total. The number of hydrogen-bond acceptors (Lipinski definition) is 2. The van der Waals surface area contributed by atoms with E-state index in [1.807, 2.05) is 0 Å². The van der Waals surface area contributed by atoms with Crippen molar-refractivity contribution >= 4 is 18.3 Å². The van der Waals surface area contributed by atoms with E-state index in [0.29, 0.717) is 18.5 Å². The average Bonchev–Trinajstić information content (AvgIpc) is 2.90. The van der Waals surface area contributed by atoms with E-state index in [2.05, 4.69) is 5.32 Å². The van der Waals surface area contributed by atoms with Crippen molar-refractivity contribution in [3.8, 4) is 0 Å². The van der Waals surface area contributed by atoms with E-state index in [-0.39, 0.29) is 18.3 Å². The second-order valence-electron chi connectivity index (χ2n) is 6.14. The molecule has 0 bridgehead atoms. The summed E-state index contributed by atoms with van der Waals surface area (Å²) >= 11 is 0. The van der Waals surface area contributed by atoms with Crippen LogP contribution in [0.1, 0.15) is 64.2 Å². The fourth-order valence-corrected chi connectivity index (χ4v) is 3.59. The average molecular weight is 289 g/mol. The Morgan fingerprint density at radius 3 is 2.37 bits per heavy atom. The SMILES string of the molecule is Cl.NCC1CCCCC1NC(=O)CCC1CCCC1. The standard InChI is InChI=1S/C15H28N2O.ClH/c16-11-13-7-3-4-8-14(13)17-15(18)10-9-12-5-1-2-6-12;/h12-14H,1-11,16H2,(H,17,18);1H. The first-order valence-corrected chi connectivity index (χ1v) is 7.79. The van der Waals surface area contributed by atoms with E-state index in [1.165, 1.54) is 44.9 Å². The molecule has 0 aromatic heterocycles. The van der Waals surface area contributed by atoms with Gasteiger partial charge in [-0.25, -0.2) is 0 Å². The Hall–Kier alpha value is -0.280. The van der Waals surface area contributed by atoms with Gasteiger partial charge < -0.3 is 11.1 Å². The van der Waals surface area contributed by atoms with Gasteiger partial charge in [0, 0.05) is 12.5 Å². The molecular formula is C15H29ClN2O. The number of nitrogens with one attached hydrogen (secondary N) is 1. The molecule has 3 N–H and O–H groups in total. The third kappa shape index (κ3) is 5.31. The molecular weight excluding hydrogens is 260 g/mol. The smallest absolute Gasteiger partial charge is 0.220 e. The number of carbonyl (C=O) groups excluding carboxylic acids is 1. The van der Waals surface area contributed by atoms with Gasteiger partial charge in [-0.15, -0.1) is 12.4 Å². The highest BCUT2D eigenvalue weighted by Gasteiger charge is 2.25. The van der Waals surface area contributed by atoms with Crippen molar-refractivity contribution in [3.05, 3.63) is 0 Å². The Morgan fingerprint density at radius 1 is 1.05 bits per heavy atom. The topological polar surface area (TPSA) is 55.1 Å². The normalized spacial score (nSPS) is 27.8. The van der Waals surface area contributed by atoms with Crippen LogP contribution in [0.2, 0.25) is 0 Å². The third-order valence-electron chi connectivity index (χ3n) is 4.81. The Labute approximate surface area is 123 Å². The fourth-order valence-electron chi connectivity index (χ4n) is 3.59. The van der Waals surface area contributed by atoms with E-state index < -0.39 is 0 Å². The summed E-state index contributed by atoms with van der Waals surface area (Å²) in [6, 6.07) is 0.347. The molecule has 2 rings (SSSR count). The molecule has 2 fully saturated rings. The lowest BCUT2D eigenvalue weighted by Gasteiger charge is -2.31. The largest absolute Gasteiger partial charge is 0.353 e. The molecule has 112 valence electrons. The maximum absolute atomic E-state index is 12.0. The Kier molecular flexibility index (Phi) is 7.77. The van der Waals surface area contributed by atoms with E-state index in [4.69, 9.17) is 5.73 Å². The van der Waals surface area contributed by atoms with Crippen LogP contribution < -0.4 is 11.1 Å². The third-order valence-corrected chi connectivity index (χ3v) is 4.81. The molecule has 2 atom stereocenters. The number of amides is 1. The summed E-state index contributed by atoms with van der Waals surface area (Å²) in [5, 5.41) is 3.22. The molecule has 19 heavy (non-hydrogen) atoms. The minimum absolute atomic E-state index is 0. The molecule has 0 aliphatic heterocycles. The molecule has 2 aliphatic carbocycles. The minimum Gasteiger partial charge on any atom is -0.353 e. The molecule has 2 saturated carbocycles. The number of halogens is 1. The molecule has 0 saturated heterocycles. The van der Waals surface area contributed by atoms with E-state index in [9.17, 15) is 4.79 Å².